The molecule has 3 N–H and O–H groups in total. The third-order valence-corrected chi connectivity index (χ3v) is 5.55. The summed E-state index contributed by atoms with van der Waals surface area (Å²) in [5.74, 6) is 1.13. The highest BCUT2D eigenvalue weighted by atomic mass is 35.5. The van der Waals surface area contributed by atoms with E-state index in [1.807, 2.05) is 11.4 Å². The summed E-state index contributed by atoms with van der Waals surface area (Å²) in [6, 6.07) is 13.4. The fraction of sp³-hybridized carbons (Fsp3) is 0.0870. The van der Waals surface area contributed by atoms with Crippen molar-refractivity contribution in [1.29, 1.82) is 5.26 Å². The molecular formula is C23H17Cl3N7O+. The smallest absolute Gasteiger partial charge is 0.326 e. The van der Waals surface area contributed by atoms with Crippen LogP contribution in [0.2, 0.25) is 15.1 Å². The fourth-order valence-corrected chi connectivity index (χ4v) is 3.82. The van der Waals surface area contributed by atoms with E-state index in [2.05, 4.69) is 20.3 Å². The first-order chi connectivity index (χ1) is 16.4. The van der Waals surface area contributed by atoms with Crippen molar-refractivity contribution in [2.45, 2.75) is 0 Å². The zero-order chi connectivity index (χ0) is 24.1. The van der Waals surface area contributed by atoms with Crippen LogP contribution in [-0.4, -0.2) is 32.6 Å². The third kappa shape index (κ3) is 5.53. The van der Waals surface area contributed by atoms with Gasteiger partial charge in [0, 0.05) is 29.0 Å². The lowest BCUT2D eigenvalue weighted by Gasteiger charge is -2.13. The lowest BCUT2D eigenvalue weighted by molar-refractivity contribution is -0.575. The number of anilines is 1. The van der Waals surface area contributed by atoms with Gasteiger partial charge in [0.25, 0.3) is 5.56 Å². The molecule has 0 aliphatic heterocycles. The molecule has 0 spiro atoms. The number of hydrogen-bond donors (Lipinski definition) is 2. The van der Waals surface area contributed by atoms with Gasteiger partial charge in [0.05, 0.1) is 34.0 Å². The van der Waals surface area contributed by atoms with Crippen molar-refractivity contribution >= 4 is 46.6 Å². The van der Waals surface area contributed by atoms with Gasteiger partial charge in [0.15, 0.2) is 0 Å². The minimum Gasteiger partial charge on any atom is -0.364 e. The number of nitrogens with two attached hydrogens (primary N) is 1. The quantitative estimate of drug-likeness (QED) is 0.363. The fourth-order valence-electron chi connectivity index (χ4n) is 3.16. The lowest BCUT2D eigenvalue weighted by Crippen LogP contribution is -2.80. The Hall–Kier alpha value is -3.48. The van der Waals surface area contributed by atoms with Gasteiger partial charge < -0.3 is 5.32 Å². The molecule has 0 aliphatic carbocycles. The SMILES string of the molecule is N#Cc1ccc(NCC[NH2+]c2ncc(-n3cc(Cl)ccc3=O)c(-c3ccc(Cl)cc3Cl)n2)nc1. The van der Waals surface area contributed by atoms with Crippen LogP contribution in [0.1, 0.15) is 5.56 Å². The Morgan fingerprint density at radius 2 is 1.85 bits per heavy atom. The van der Waals surface area contributed by atoms with Gasteiger partial charge in [-0.25, -0.2) is 4.98 Å². The highest BCUT2D eigenvalue weighted by Gasteiger charge is 2.17. The zero-order valence-corrected chi connectivity index (χ0v) is 19.8. The topological polar surface area (TPSA) is 113 Å². The summed E-state index contributed by atoms with van der Waals surface area (Å²) in [5.41, 5.74) is 1.72. The van der Waals surface area contributed by atoms with E-state index in [0.29, 0.717) is 62.4 Å². The molecule has 0 radical (unpaired) electrons. The maximum Gasteiger partial charge on any atom is 0.326 e. The molecule has 3 aromatic heterocycles. The third-order valence-electron chi connectivity index (χ3n) is 4.78. The summed E-state index contributed by atoms with van der Waals surface area (Å²) in [7, 11) is 0. The van der Waals surface area contributed by atoms with Crippen LogP contribution in [0.15, 0.2) is 65.8 Å². The molecule has 8 nitrogen and oxygen atoms in total. The first-order valence-corrected chi connectivity index (χ1v) is 11.2. The van der Waals surface area contributed by atoms with Crippen LogP contribution in [0.4, 0.5) is 11.8 Å². The van der Waals surface area contributed by atoms with E-state index in [1.54, 1.807) is 36.5 Å². The van der Waals surface area contributed by atoms with Crippen LogP contribution in [-0.2, 0) is 0 Å². The van der Waals surface area contributed by atoms with Crippen molar-refractivity contribution < 1.29 is 5.32 Å². The first-order valence-electron chi connectivity index (χ1n) is 10.1. The molecule has 0 aliphatic rings. The molecule has 3 heterocycles. The van der Waals surface area contributed by atoms with E-state index in [4.69, 9.17) is 40.1 Å². The zero-order valence-electron chi connectivity index (χ0n) is 17.5. The van der Waals surface area contributed by atoms with E-state index in [9.17, 15) is 4.79 Å². The second-order valence-electron chi connectivity index (χ2n) is 7.11. The summed E-state index contributed by atoms with van der Waals surface area (Å²) < 4.78 is 1.38. The van der Waals surface area contributed by atoms with Crippen molar-refractivity contribution in [3.05, 3.63) is 92.0 Å². The molecule has 0 saturated carbocycles. The average molecular weight is 514 g/mol. The van der Waals surface area contributed by atoms with Crippen LogP contribution < -0.4 is 16.2 Å². The molecule has 0 unspecified atom stereocenters. The Bertz CT molecular complexity index is 1430. The van der Waals surface area contributed by atoms with Crippen LogP contribution in [0.3, 0.4) is 0 Å². The Balaban J connectivity index is 1.60. The second kappa shape index (κ2) is 10.6. The van der Waals surface area contributed by atoms with Crippen molar-refractivity contribution in [3.63, 3.8) is 0 Å². The summed E-state index contributed by atoms with van der Waals surface area (Å²) in [5, 5.41) is 15.2. The van der Waals surface area contributed by atoms with Crippen LogP contribution in [0.5, 0.6) is 0 Å². The number of hydrogen-bond acceptors (Lipinski definition) is 6. The van der Waals surface area contributed by atoms with Crippen molar-refractivity contribution in [1.82, 2.24) is 19.5 Å². The van der Waals surface area contributed by atoms with Gasteiger partial charge in [-0.05, 0) is 36.4 Å². The van der Waals surface area contributed by atoms with E-state index >= 15 is 0 Å². The molecule has 4 rings (SSSR count). The van der Waals surface area contributed by atoms with Gasteiger partial charge in [-0.15, -0.1) is 0 Å². The molecule has 4 aromatic rings. The molecular weight excluding hydrogens is 497 g/mol. The molecule has 11 heteroatoms. The molecule has 0 saturated heterocycles. The Morgan fingerprint density at radius 3 is 2.59 bits per heavy atom. The maximum absolute atomic E-state index is 12.5. The normalized spacial score (nSPS) is 10.6. The van der Waals surface area contributed by atoms with E-state index in [1.165, 1.54) is 29.1 Å². The van der Waals surface area contributed by atoms with Gasteiger partial charge >= 0.3 is 5.95 Å². The lowest BCUT2D eigenvalue weighted by atomic mass is 10.1. The summed E-state index contributed by atoms with van der Waals surface area (Å²) in [4.78, 5) is 25.8. The average Bonchev–Trinajstić information content (AvgIpc) is 2.84. The summed E-state index contributed by atoms with van der Waals surface area (Å²) >= 11 is 18.6. The second-order valence-corrected chi connectivity index (χ2v) is 8.39. The van der Waals surface area contributed by atoms with E-state index in [-0.39, 0.29) is 5.56 Å². The van der Waals surface area contributed by atoms with Crippen molar-refractivity contribution in [3.8, 4) is 23.0 Å². The predicted octanol–water partition coefficient (Wildman–Crippen LogP) is 3.83. The van der Waals surface area contributed by atoms with Crippen LogP contribution in [0.25, 0.3) is 16.9 Å². The molecule has 170 valence electrons. The van der Waals surface area contributed by atoms with Crippen LogP contribution in [0, 0.1) is 11.3 Å². The number of halogens is 3. The van der Waals surface area contributed by atoms with Gasteiger partial charge in [-0.3, -0.25) is 14.7 Å². The first kappa shape index (κ1) is 23.7. The number of benzene rings is 1. The predicted molar refractivity (Wildman–Crippen MR) is 132 cm³/mol. The number of nitriles is 1. The Kier molecular flexibility index (Phi) is 7.40. The monoisotopic (exact) mass is 512 g/mol. The number of quaternary nitrogens is 1. The van der Waals surface area contributed by atoms with Gasteiger partial charge in [0.2, 0.25) is 0 Å². The molecule has 34 heavy (non-hydrogen) atoms. The van der Waals surface area contributed by atoms with Gasteiger partial charge in [0.1, 0.15) is 24.1 Å². The largest absolute Gasteiger partial charge is 0.364 e. The Morgan fingerprint density at radius 1 is 1.03 bits per heavy atom. The summed E-state index contributed by atoms with van der Waals surface area (Å²) in [6.07, 6.45) is 4.58. The van der Waals surface area contributed by atoms with Crippen LogP contribution >= 0.6 is 34.8 Å². The highest BCUT2D eigenvalue weighted by Crippen LogP contribution is 2.32. The van der Waals surface area contributed by atoms with E-state index in [0.717, 1.165) is 0 Å². The van der Waals surface area contributed by atoms with Gasteiger partial charge in [-0.2, -0.15) is 15.2 Å². The summed E-state index contributed by atoms with van der Waals surface area (Å²) in [6.45, 7) is 1.18. The van der Waals surface area contributed by atoms with E-state index < -0.39 is 0 Å². The number of rotatable bonds is 7. The Labute approximate surface area is 209 Å². The molecule has 0 fully saturated rings. The number of aromatic nitrogens is 4. The molecule has 0 amide bonds. The maximum atomic E-state index is 12.5. The van der Waals surface area contributed by atoms with Crippen molar-refractivity contribution in [2.24, 2.45) is 0 Å². The highest BCUT2D eigenvalue weighted by molar-refractivity contribution is 6.36. The van der Waals surface area contributed by atoms with Crippen molar-refractivity contribution in [2.75, 3.05) is 18.4 Å². The standard InChI is InChI=1S/C23H16Cl3N7O/c24-15-2-4-17(18(26)9-15)22-19(33-13-16(25)3-6-21(33)34)12-31-23(32-22)29-8-7-28-20-5-1-14(10-27)11-30-20/h1-6,9,11-13H,7-8H2,(H,28,30)(H,29,31,32)/p+1. The number of nitrogens with zero attached hydrogens (tertiary/aromatic N) is 5. The molecule has 0 atom stereocenters. The number of pyridine rings is 2. The minimum absolute atomic E-state index is 0.282. The van der Waals surface area contributed by atoms with Gasteiger partial charge in [-0.1, -0.05) is 34.8 Å². The number of nitrogens with one attached hydrogen (secondary N) is 1. The molecule has 1 aromatic carbocycles. The molecule has 0 bridgehead atoms. The minimum atomic E-state index is -0.282.